The number of amides is 1. The Balaban J connectivity index is 2.14. The summed E-state index contributed by atoms with van der Waals surface area (Å²) in [7, 11) is 0. The molecule has 2 N–H and O–H groups in total. The quantitative estimate of drug-likeness (QED) is 0.820. The Morgan fingerprint density at radius 3 is 3.00 bits per heavy atom. The van der Waals surface area contributed by atoms with Gasteiger partial charge in [0.25, 0.3) is 5.91 Å². The fraction of sp³-hybridized carbons (Fsp3) is 0.182. The lowest BCUT2D eigenvalue weighted by molar-refractivity contribution is 0.102. The molecule has 0 saturated heterocycles. The fourth-order valence-electron chi connectivity index (χ4n) is 1.37. The summed E-state index contributed by atoms with van der Waals surface area (Å²) in [5.74, 6) is 1.04. The zero-order valence-corrected chi connectivity index (χ0v) is 9.95. The molecule has 1 aromatic heterocycles. The lowest BCUT2D eigenvalue weighted by atomic mass is 10.1. The van der Waals surface area contributed by atoms with Gasteiger partial charge in [0.2, 0.25) is 5.95 Å². The minimum atomic E-state index is -0.254. The number of H-pyrrole nitrogens is 1. The summed E-state index contributed by atoms with van der Waals surface area (Å²) in [6.07, 6.45) is 0. The van der Waals surface area contributed by atoms with Crippen LogP contribution in [0.1, 0.15) is 21.7 Å². The van der Waals surface area contributed by atoms with Crippen molar-refractivity contribution in [3.8, 4) is 0 Å². The van der Waals surface area contributed by atoms with Gasteiger partial charge in [0.1, 0.15) is 5.82 Å². The predicted molar refractivity (Wildman–Crippen MR) is 65.1 cm³/mol. The second-order valence-electron chi connectivity index (χ2n) is 3.53. The molecule has 0 atom stereocenters. The summed E-state index contributed by atoms with van der Waals surface area (Å²) in [5.41, 5.74) is 1.43. The Morgan fingerprint density at radius 2 is 2.35 bits per heavy atom. The van der Waals surface area contributed by atoms with E-state index in [4.69, 9.17) is 11.6 Å². The summed E-state index contributed by atoms with van der Waals surface area (Å²) in [6.45, 7) is 1.76. The van der Waals surface area contributed by atoms with E-state index in [1.54, 1.807) is 25.1 Å². The zero-order chi connectivity index (χ0) is 12.3. The number of carbonyl (C=O) groups excluding carboxylic acids is 1. The van der Waals surface area contributed by atoms with E-state index in [2.05, 4.69) is 20.5 Å². The first-order chi connectivity index (χ1) is 8.19. The van der Waals surface area contributed by atoms with E-state index in [1.165, 1.54) is 0 Å². The minimum Gasteiger partial charge on any atom is -0.289 e. The third kappa shape index (κ3) is 2.82. The highest BCUT2D eigenvalue weighted by molar-refractivity contribution is 6.17. The molecule has 0 fully saturated rings. The molecule has 0 unspecified atom stereocenters. The number of hydrogen-bond donors (Lipinski definition) is 2. The second kappa shape index (κ2) is 4.97. The van der Waals surface area contributed by atoms with Crippen molar-refractivity contribution in [2.75, 3.05) is 5.32 Å². The molecular weight excluding hydrogens is 240 g/mol. The number of nitrogens with one attached hydrogen (secondary N) is 2. The van der Waals surface area contributed by atoms with Crippen LogP contribution in [0.3, 0.4) is 0 Å². The lowest BCUT2D eigenvalue weighted by Gasteiger charge is -2.02. The first-order valence-corrected chi connectivity index (χ1v) is 5.58. The monoisotopic (exact) mass is 250 g/mol. The van der Waals surface area contributed by atoms with Crippen LogP contribution in [0.15, 0.2) is 24.3 Å². The summed E-state index contributed by atoms with van der Waals surface area (Å²) in [5, 5.41) is 9.08. The number of carbonyl (C=O) groups is 1. The molecule has 0 spiro atoms. The van der Waals surface area contributed by atoms with Gasteiger partial charge in [-0.2, -0.15) is 4.98 Å². The van der Waals surface area contributed by atoms with Gasteiger partial charge in [0.05, 0.1) is 0 Å². The maximum atomic E-state index is 11.8. The van der Waals surface area contributed by atoms with Gasteiger partial charge >= 0.3 is 0 Å². The van der Waals surface area contributed by atoms with Gasteiger partial charge in [-0.05, 0) is 24.6 Å². The van der Waals surface area contributed by atoms with E-state index in [9.17, 15) is 4.79 Å². The molecule has 1 aromatic carbocycles. The SMILES string of the molecule is Cc1nc(NC(=O)c2cccc(CCl)c2)n[nH]1. The van der Waals surface area contributed by atoms with Crippen molar-refractivity contribution in [3.63, 3.8) is 0 Å². The van der Waals surface area contributed by atoms with Crippen LogP contribution < -0.4 is 5.32 Å². The topological polar surface area (TPSA) is 70.7 Å². The Kier molecular flexibility index (Phi) is 3.39. The average Bonchev–Trinajstić information content (AvgIpc) is 2.75. The van der Waals surface area contributed by atoms with Crippen LogP contribution in [0, 0.1) is 6.92 Å². The van der Waals surface area contributed by atoms with E-state index >= 15 is 0 Å². The molecule has 1 amide bonds. The normalized spacial score (nSPS) is 10.2. The number of benzene rings is 1. The van der Waals surface area contributed by atoms with Gasteiger partial charge in [0, 0.05) is 11.4 Å². The van der Waals surface area contributed by atoms with Crippen LogP contribution in [0.25, 0.3) is 0 Å². The van der Waals surface area contributed by atoms with Crippen molar-refractivity contribution < 1.29 is 4.79 Å². The van der Waals surface area contributed by atoms with Crippen molar-refractivity contribution in [3.05, 3.63) is 41.2 Å². The lowest BCUT2D eigenvalue weighted by Crippen LogP contribution is -2.13. The van der Waals surface area contributed by atoms with Gasteiger partial charge < -0.3 is 0 Å². The Labute approximate surface area is 103 Å². The highest BCUT2D eigenvalue weighted by Gasteiger charge is 2.09. The Morgan fingerprint density at radius 1 is 1.53 bits per heavy atom. The third-order valence-corrected chi connectivity index (χ3v) is 2.47. The minimum absolute atomic E-state index is 0.254. The summed E-state index contributed by atoms with van der Waals surface area (Å²) >= 11 is 5.71. The molecule has 0 bridgehead atoms. The van der Waals surface area contributed by atoms with E-state index < -0.39 is 0 Å². The predicted octanol–water partition coefficient (Wildman–Crippen LogP) is 2.10. The number of alkyl halides is 1. The van der Waals surface area contributed by atoms with Crippen LogP contribution in [-0.4, -0.2) is 21.1 Å². The van der Waals surface area contributed by atoms with Crippen molar-refractivity contribution in [1.82, 2.24) is 15.2 Å². The molecule has 0 aliphatic heterocycles. The van der Waals surface area contributed by atoms with Crippen molar-refractivity contribution >= 4 is 23.5 Å². The Hall–Kier alpha value is -1.88. The van der Waals surface area contributed by atoms with Gasteiger partial charge in [-0.25, -0.2) is 0 Å². The van der Waals surface area contributed by atoms with Crippen LogP contribution in [0.4, 0.5) is 5.95 Å². The maximum Gasteiger partial charge on any atom is 0.258 e. The van der Waals surface area contributed by atoms with Gasteiger partial charge in [-0.1, -0.05) is 12.1 Å². The van der Waals surface area contributed by atoms with Gasteiger partial charge in [-0.3, -0.25) is 15.2 Å². The third-order valence-electron chi connectivity index (χ3n) is 2.17. The van der Waals surface area contributed by atoms with E-state index in [0.717, 1.165) is 5.56 Å². The molecule has 2 rings (SSSR count). The largest absolute Gasteiger partial charge is 0.289 e. The standard InChI is InChI=1S/C11H11ClN4O/c1-7-13-11(16-15-7)14-10(17)9-4-2-3-8(5-9)6-12/h2-5H,6H2,1H3,(H2,13,14,15,16,17). The number of aryl methyl sites for hydroxylation is 1. The molecule has 17 heavy (non-hydrogen) atoms. The van der Waals surface area contributed by atoms with Crippen molar-refractivity contribution in [2.24, 2.45) is 0 Å². The molecule has 0 aliphatic rings. The van der Waals surface area contributed by atoms with E-state index in [0.29, 0.717) is 17.3 Å². The number of aromatic nitrogens is 3. The molecular formula is C11H11ClN4O. The second-order valence-corrected chi connectivity index (χ2v) is 3.80. The smallest absolute Gasteiger partial charge is 0.258 e. The molecule has 5 nitrogen and oxygen atoms in total. The van der Waals surface area contributed by atoms with Crippen LogP contribution in [-0.2, 0) is 5.88 Å². The van der Waals surface area contributed by atoms with Crippen LogP contribution in [0.5, 0.6) is 0 Å². The number of hydrogen-bond acceptors (Lipinski definition) is 3. The summed E-state index contributed by atoms with van der Waals surface area (Å²) < 4.78 is 0. The maximum absolute atomic E-state index is 11.8. The molecule has 6 heteroatoms. The molecule has 0 radical (unpaired) electrons. The van der Waals surface area contributed by atoms with E-state index in [1.807, 2.05) is 6.07 Å². The van der Waals surface area contributed by atoms with Crippen molar-refractivity contribution in [1.29, 1.82) is 0 Å². The van der Waals surface area contributed by atoms with Crippen molar-refractivity contribution in [2.45, 2.75) is 12.8 Å². The van der Waals surface area contributed by atoms with Gasteiger partial charge in [0.15, 0.2) is 0 Å². The Bertz CT molecular complexity index is 538. The summed E-state index contributed by atoms with van der Waals surface area (Å²) in [4.78, 5) is 15.8. The molecule has 0 aliphatic carbocycles. The molecule has 0 saturated carbocycles. The molecule has 1 heterocycles. The van der Waals surface area contributed by atoms with Crippen LogP contribution in [0.2, 0.25) is 0 Å². The van der Waals surface area contributed by atoms with Crippen LogP contribution >= 0.6 is 11.6 Å². The fourth-order valence-corrected chi connectivity index (χ4v) is 1.53. The summed E-state index contributed by atoms with van der Waals surface area (Å²) in [6, 6.07) is 7.10. The van der Waals surface area contributed by atoms with Gasteiger partial charge in [-0.15, -0.1) is 16.7 Å². The number of nitrogens with zero attached hydrogens (tertiary/aromatic N) is 2. The molecule has 88 valence electrons. The highest BCUT2D eigenvalue weighted by Crippen LogP contribution is 2.09. The number of halogens is 1. The first-order valence-electron chi connectivity index (χ1n) is 5.04. The van der Waals surface area contributed by atoms with E-state index in [-0.39, 0.29) is 11.9 Å². The zero-order valence-electron chi connectivity index (χ0n) is 9.20. The molecule has 2 aromatic rings. The number of anilines is 1. The number of aromatic amines is 1. The average molecular weight is 251 g/mol. The highest BCUT2D eigenvalue weighted by atomic mass is 35.5. The number of rotatable bonds is 3. The first kappa shape index (κ1) is 11.6.